The number of benzene rings is 2. The Morgan fingerprint density at radius 1 is 1.21 bits per heavy atom. The number of rotatable bonds is 5. The highest BCUT2D eigenvalue weighted by atomic mass is 16.6. The van der Waals surface area contributed by atoms with Gasteiger partial charge < -0.3 is 34.5 Å². The second-order valence-electron chi connectivity index (χ2n) is 12.3. The van der Waals surface area contributed by atoms with Crippen LogP contribution < -0.4 is 15.5 Å². The van der Waals surface area contributed by atoms with Crippen LogP contribution in [0.3, 0.4) is 0 Å². The summed E-state index contributed by atoms with van der Waals surface area (Å²) in [7, 11) is 5.06. The number of hydrogen-bond acceptors (Lipinski definition) is 6. The predicted molar refractivity (Wildman–Crippen MR) is 162 cm³/mol. The molecule has 1 aliphatic carbocycles. The molecule has 3 amide bonds. The van der Waals surface area contributed by atoms with Gasteiger partial charge in [-0.25, -0.2) is 0 Å². The molecule has 2 unspecified atom stereocenters. The van der Waals surface area contributed by atoms with Gasteiger partial charge in [0.1, 0.15) is 12.3 Å². The topological polar surface area (TPSA) is 105 Å². The Hall–Kier alpha value is -4.15. The molecule has 2 bridgehead atoms. The number of likely N-dealkylation sites (N-methyl/N-ethyl adjacent to an activating group) is 1. The van der Waals surface area contributed by atoms with Gasteiger partial charge in [0.05, 0.1) is 34.4 Å². The minimum absolute atomic E-state index is 0.00747. The number of carbonyl (C=O) groups is 3. The van der Waals surface area contributed by atoms with Gasteiger partial charge in [0.15, 0.2) is 5.72 Å². The van der Waals surface area contributed by atoms with E-state index >= 15 is 0 Å². The first kappa shape index (κ1) is 26.5. The standard InChI is InChI=1S/C33H35N5O5/c1-33-31(42-4)22(36(3)24(40)14-13-23(39)34-2)15-25(43-33)37-20-11-7-5-9-17(20)27-28-19(16-35-32(28)41)26-18-10-6-8-12-21(18)38(33)30(26)29(27)37/h5-12,17,20,22,25,31H,13-16H2,1-4H3,(H,34,39)(H,35,41)/t17?,20?,22-,25-,31-,33+/m1/s1. The number of fused-ring (bicyclic) bond motifs is 13. The van der Waals surface area contributed by atoms with E-state index in [9.17, 15) is 14.4 Å². The summed E-state index contributed by atoms with van der Waals surface area (Å²) in [4.78, 5) is 43.1. The lowest BCUT2D eigenvalue weighted by molar-refractivity contribution is -0.249. The lowest BCUT2D eigenvalue weighted by Gasteiger charge is -2.52. The monoisotopic (exact) mass is 581 g/mol. The zero-order valence-electron chi connectivity index (χ0n) is 24.7. The van der Waals surface area contributed by atoms with E-state index in [2.05, 4.69) is 63.5 Å². The average molecular weight is 582 g/mol. The van der Waals surface area contributed by atoms with E-state index < -0.39 is 18.1 Å². The molecule has 2 N–H and O–H groups in total. The van der Waals surface area contributed by atoms with Crippen molar-refractivity contribution in [3.63, 3.8) is 0 Å². The van der Waals surface area contributed by atoms with E-state index in [1.165, 1.54) is 0 Å². The zero-order valence-corrected chi connectivity index (χ0v) is 24.7. The Kier molecular flexibility index (Phi) is 5.65. The second-order valence-corrected chi connectivity index (χ2v) is 12.3. The Balaban J connectivity index is 1.41. The van der Waals surface area contributed by atoms with Crippen molar-refractivity contribution in [2.45, 2.75) is 68.8 Å². The summed E-state index contributed by atoms with van der Waals surface area (Å²) in [6.07, 6.45) is 8.35. The molecule has 8 rings (SSSR count). The number of anilines is 1. The van der Waals surface area contributed by atoms with Crippen molar-refractivity contribution in [3.8, 4) is 0 Å². The van der Waals surface area contributed by atoms with Gasteiger partial charge in [-0.15, -0.1) is 0 Å². The van der Waals surface area contributed by atoms with Gasteiger partial charge in [-0.2, -0.15) is 0 Å². The van der Waals surface area contributed by atoms with Crippen LogP contribution in [0.4, 0.5) is 5.69 Å². The van der Waals surface area contributed by atoms with Crippen molar-refractivity contribution in [1.82, 2.24) is 20.1 Å². The number of para-hydroxylation sites is 1. The van der Waals surface area contributed by atoms with Crippen LogP contribution in [0.2, 0.25) is 0 Å². The van der Waals surface area contributed by atoms with E-state index in [4.69, 9.17) is 9.47 Å². The van der Waals surface area contributed by atoms with Crippen molar-refractivity contribution < 1.29 is 23.9 Å². The number of methoxy groups -OCH3 is 1. The largest absolute Gasteiger partial charge is 0.374 e. The minimum atomic E-state index is -0.995. The lowest BCUT2D eigenvalue weighted by Crippen LogP contribution is -2.65. The maximum atomic E-state index is 13.5. The summed E-state index contributed by atoms with van der Waals surface area (Å²) in [5.41, 5.74) is 4.94. The third-order valence-electron chi connectivity index (χ3n) is 10.3. The van der Waals surface area contributed by atoms with E-state index in [0.717, 1.165) is 44.2 Å². The molecular weight excluding hydrogens is 546 g/mol. The van der Waals surface area contributed by atoms with Gasteiger partial charge in [0.2, 0.25) is 11.8 Å². The van der Waals surface area contributed by atoms with Gasteiger partial charge in [-0.3, -0.25) is 14.4 Å². The summed E-state index contributed by atoms with van der Waals surface area (Å²) in [6, 6.07) is 7.91. The summed E-state index contributed by atoms with van der Waals surface area (Å²) in [6.45, 7) is 2.54. The van der Waals surface area contributed by atoms with Crippen LogP contribution in [0.5, 0.6) is 0 Å². The molecule has 0 spiro atoms. The molecule has 4 aliphatic heterocycles. The van der Waals surface area contributed by atoms with Gasteiger partial charge in [-0.1, -0.05) is 42.5 Å². The van der Waals surface area contributed by atoms with Gasteiger partial charge in [-0.05, 0) is 18.6 Å². The van der Waals surface area contributed by atoms with E-state index in [1.807, 2.05) is 12.1 Å². The number of allylic oxidation sites excluding steroid dienone is 2. The maximum Gasteiger partial charge on any atom is 0.252 e. The van der Waals surface area contributed by atoms with E-state index in [1.54, 1.807) is 26.1 Å². The van der Waals surface area contributed by atoms with Crippen LogP contribution in [0.1, 0.15) is 53.6 Å². The minimum Gasteiger partial charge on any atom is -0.374 e. The fourth-order valence-corrected chi connectivity index (χ4v) is 8.53. The number of aromatic nitrogens is 1. The van der Waals surface area contributed by atoms with Crippen molar-refractivity contribution in [1.29, 1.82) is 0 Å². The molecule has 5 aliphatic rings. The molecule has 10 heteroatoms. The smallest absolute Gasteiger partial charge is 0.252 e. The lowest BCUT2D eigenvalue weighted by atomic mass is 9.85. The molecule has 1 saturated heterocycles. The molecule has 0 radical (unpaired) electrons. The molecule has 6 atom stereocenters. The summed E-state index contributed by atoms with van der Waals surface area (Å²) < 4.78 is 15.8. The molecule has 0 saturated carbocycles. The first-order chi connectivity index (χ1) is 20.8. The molecule has 3 aromatic rings. The van der Waals surface area contributed by atoms with Crippen molar-refractivity contribution in [2.75, 3.05) is 26.1 Å². The third kappa shape index (κ3) is 3.33. The molecule has 43 heavy (non-hydrogen) atoms. The fraction of sp³-hybridized carbons (Fsp3) is 0.424. The van der Waals surface area contributed by atoms with Crippen LogP contribution in [-0.2, 0) is 31.3 Å². The molecular formula is C33H35N5O5. The molecule has 5 heterocycles. The Bertz CT molecular complexity index is 1810. The van der Waals surface area contributed by atoms with Gasteiger partial charge >= 0.3 is 0 Å². The second kappa shape index (κ2) is 9.17. The van der Waals surface area contributed by atoms with Crippen LogP contribution >= 0.6 is 0 Å². The van der Waals surface area contributed by atoms with E-state index in [-0.39, 0.29) is 48.6 Å². The molecule has 2 aromatic carbocycles. The van der Waals surface area contributed by atoms with Crippen LogP contribution in [0.25, 0.3) is 21.8 Å². The van der Waals surface area contributed by atoms with Crippen LogP contribution in [0, 0.1) is 0 Å². The maximum absolute atomic E-state index is 13.5. The number of nitrogens with one attached hydrogen (secondary N) is 2. The highest BCUT2D eigenvalue weighted by Gasteiger charge is 2.59. The summed E-state index contributed by atoms with van der Waals surface area (Å²) >= 11 is 0. The average Bonchev–Trinajstić information content (AvgIpc) is 3.66. The van der Waals surface area contributed by atoms with Crippen molar-refractivity contribution >= 4 is 45.2 Å². The number of carbonyl (C=O) groups excluding carboxylic acids is 3. The third-order valence-corrected chi connectivity index (χ3v) is 10.3. The molecule has 1 fully saturated rings. The number of hydrogen-bond donors (Lipinski definition) is 2. The Morgan fingerprint density at radius 3 is 2.79 bits per heavy atom. The quantitative estimate of drug-likeness (QED) is 0.480. The van der Waals surface area contributed by atoms with Gasteiger partial charge in [0.25, 0.3) is 5.91 Å². The SMILES string of the molecule is CNC(=O)CCC(=O)N(C)[C@@H]1C[C@H]2O[C@@](C)([C@@H]1OC)n1c3ccccc3c3c4c(c5c(c31)N2C1C=CC=CC51)C(=O)NC4. The van der Waals surface area contributed by atoms with Crippen LogP contribution in [0.15, 0.2) is 48.6 Å². The predicted octanol–water partition coefficient (Wildman–Crippen LogP) is 3.24. The van der Waals surface area contributed by atoms with Crippen LogP contribution in [-0.4, -0.2) is 72.8 Å². The van der Waals surface area contributed by atoms with Crippen molar-refractivity contribution in [2.24, 2.45) is 0 Å². The number of amides is 3. The normalized spacial score (nSPS) is 29.4. The summed E-state index contributed by atoms with van der Waals surface area (Å²) in [5, 5.41) is 7.86. The molecule has 1 aromatic heterocycles. The Morgan fingerprint density at radius 2 is 2.00 bits per heavy atom. The number of nitrogens with zero attached hydrogens (tertiary/aromatic N) is 3. The molecule has 222 valence electrons. The number of ether oxygens (including phenoxy) is 2. The highest BCUT2D eigenvalue weighted by molar-refractivity contribution is 6.20. The Labute approximate surface area is 249 Å². The van der Waals surface area contributed by atoms with E-state index in [0.29, 0.717) is 13.0 Å². The first-order valence-corrected chi connectivity index (χ1v) is 15.0. The highest BCUT2D eigenvalue weighted by Crippen LogP contribution is 2.58. The zero-order chi connectivity index (χ0) is 29.8. The first-order valence-electron chi connectivity index (χ1n) is 15.0. The molecule has 10 nitrogen and oxygen atoms in total. The fourth-order valence-electron chi connectivity index (χ4n) is 8.53. The summed E-state index contributed by atoms with van der Waals surface area (Å²) in [5.74, 6) is -0.322. The van der Waals surface area contributed by atoms with Gasteiger partial charge in [0, 0.05) is 69.3 Å². The van der Waals surface area contributed by atoms with Crippen molar-refractivity contribution in [3.05, 3.63) is 65.3 Å².